The fraction of sp³-hybridized carbons (Fsp3) is 0.562. The van der Waals surface area contributed by atoms with Crippen molar-refractivity contribution in [1.82, 2.24) is 19.5 Å². The maximum Gasteiger partial charge on any atom is 0.410 e. The Morgan fingerprint density at radius 3 is 3.00 bits per heavy atom. The zero-order chi connectivity index (χ0) is 17.3. The molecule has 1 amide bonds. The first-order valence-electron chi connectivity index (χ1n) is 8.07. The predicted molar refractivity (Wildman–Crippen MR) is 92.4 cm³/mol. The van der Waals surface area contributed by atoms with Gasteiger partial charge in [-0.25, -0.2) is 14.3 Å². The number of carbonyl (C=O) groups is 1. The van der Waals surface area contributed by atoms with Crippen molar-refractivity contribution in [2.75, 3.05) is 18.4 Å². The van der Waals surface area contributed by atoms with E-state index in [9.17, 15) is 4.79 Å². The first-order chi connectivity index (χ1) is 11.3. The van der Waals surface area contributed by atoms with Gasteiger partial charge in [0.05, 0.1) is 12.2 Å². The number of fused-ring (bicyclic) bond motifs is 1. The van der Waals surface area contributed by atoms with Gasteiger partial charge in [0.1, 0.15) is 11.4 Å². The lowest BCUT2D eigenvalue weighted by Gasteiger charge is -2.28. The summed E-state index contributed by atoms with van der Waals surface area (Å²) < 4.78 is 7.05. The zero-order valence-corrected chi connectivity index (χ0v) is 14.9. The molecule has 8 heteroatoms. The average molecular weight is 352 g/mol. The van der Waals surface area contributed by atoms with Gasteiger partial charge in [0, 0.05) is 13.1 Å². The van der Waals surface area contributed by atoms with Crippen LogP contribution in [0, 0.1) is 0 Å². The van der Waals surface area contributed by atoms with Crippen LogP contribution in [0.25, 0.3) is 5.65 Å². The summed E-state index contributed by atoms with van der Waals surface area (Å²) in [6, 6.07) is 3.79. The molecule has 1 aliphatic heterocycles. The van der Waals surface area contributed by atoms with Gasteiger partial charge in [-0.15, -0.1) is 5.10 Å². The Balaban J connectivity index is 1.64. The van der Waals surface area contributed by atoms with Crippen LogP contribution in [0.1, 0.15) is 33.6 Å². The highest BCUT2D eigenvalue weighted by Gasteiger charge is 2.32. The smallest absolute Gasteiger partial charge is 0.410 e. The lowest BCUT2D eigenvalue weighted by molar-refractivity contribution is 0.0235. The third-order valence-electron chi connectivity index (χ3n) is 3.84. The quantitative estimate of drug-likeness (QED) is 0.919. The Morgan fingerprint density at radius 1 is 1.46 bits per heavy atom. The van der Waals surface area contributed by atoms with Crippen LogP contribution in [0.4, 0.5) is 10.6 Å². The number of hydrogen-bond acceptors (Lipinski definition) is 5. The molecule has 0 aliphatic carbocycles. The third kappa shape index (κ3) is 3.72. The van der Waals surface area contributed by atoms with Crippen LogP contribution in [-0.2, 0) is 4.74 Å². The van der Waals surface area contributed by atoms with Crippen LogP contribution < -0.4 is 5.32 Å². The van der Waals surface area contributed by atoms with Crippen LogP contribution >= 0.6 is 11.6 Å². The molecule has 3 rings (SSSR count). The molecule has 24 heavy (non-hydrogen) atoms. The van der Waals surface area contributed by atoms with E-state index in [0.29, 0.717) is 23.2 Å². The van der Waals surface area contributed by atoms with Crippen molar-refractivity contribution in [3.63, 3.8) is 0 Å². The number of aromatic nitrogens is 3. The maximum absolute atomic E-state index is 12.3. The first kappa shape index (κ1) is 16.8. The van der Waals surface area contributed by atoms with Crippen LogP contribution in [0.15, 0.2) is 18.3 Å². The summed E-state index contributed by atoms with van der Waals surface area (Å²) in [7, 11) is 0. The monoisotopic (exact) mass is 351 g/mol. The molecule has 7 nitrogen and oxygen atoms in total. The Kier molecular flexibility index (Phi) is 4.54. The molecule has 0 saturated carbocycles. The van der Waals surface area contributed by atoms with Crippen molar-refractivity contribution in [1.29, 1.82) is 0 Å². The standard InChI is InChI=1S/C16H22ClN5O2/c1-16(2,3)24-15(23)21-8-4-5-11(21)9-18-13-6-7-14-19-10-12(17)22(14)20-13/h6-7,10-11H,4-5,8-9H2,1-3H3,(H,18,20)/t11-/m0/s1. The molecule has 1 fully saturated rings. The van der Waals surface area contributed by atoms with E-state index >= 15 is 0 Å². The molecule has 2 aromatic rings. The molecule has 3 heterocycles. The number of likely N-dealkylation sites (tertiary alicyclic amines) is 1. The topological polar surface area (TPSA) is 71.8 Å². The number of imidazole rings is 1. The minimum absolute atomic E-state index is 0.0932. The third-order valence-corrected chi connectivity index (χ3v) is 4.10. The Labute approximate surface area is 145 Å². The molecule has 0 radical (unpaired) electrons. The van der Waals surface area contributed by atoms with Crippen LogP contribution in [0.3, 0.4) is 0 Å². The molecule has 130 valence electrons. The van der Waals surface area contributed by atoms with Crippen molar-refractivity contribution < 1.29 is 9.53 Å². The predicted octanol–water partition coefficient (Wildman–Crippen LogP) is 3.19. The molecular weight excluding hydrogens is 330 g/mol. The number of anilines is 1. The number of carbonyl (C=O) groups excluding carboxylic acids is 1. The summed E-state index contributed by atoms with van der Waals surface area (Å²) in [6.45, 7) is 6.97. The van der Waals surface area contributed by atoms with Gasteiger partial charge in [0.2, 0.25) is 0 Å². The van der Waals surface area contributed by atoms with Crippen molar-refractivity contribution in [2.24, 2.45) is 0 Å². The fourth-order valence-electron chi connectivity index (χ4n) is 2.77. The second-order valence-corrected chi connectivity index (χ2v) is 7.31. The lowest BCUT2D eigenvalue weighted by Crippen LogP contribution is -2.42. The highest BCUT2D eigenvalue weighted by molar-refractivity contribution is 6.29. The van der Waals surface area contributed by atoms with Crippen molar-refractivity contribution in [3.8, 4) is 0 Å². The summed E-state index contributed by atoms with van der Waals surface area (Å²) in [6.07, 6.45) is 3.23. The number of rotatable bonds is 3. The summed E-state index contributed by atoms with van der Waals surface area (Å²) in [5.74, 6) is 0.693. The van der Waals surface area contributed by atoms with Gasteiger partial charge in [-0.3, -0.25) is 0 Å². The number of halogens is 1. The number of amides is 1. The molecule has 0 spiro atoms. The number of ether oxygens (including phenoxy) is 1. The minimum Gasteiger partial charge on any atom is -0.444 e. The average Bonchev–Trinajstić information content (AvgIpc) is 3.11. The van der Waals surface area contributed by atoms with Gasteiger partial charge >= 0.3 is 6.09 Å². The second kappa shape index (κ2) is 6.47. The summed E-state index contributed by atoms with van der Waals surface area (Å²) in [4.78, 5) is 18.2. The molecule has 1 saturated heterocycles. The van der Waals surface area contributed by atoms with E-state index in [-0.39, 0.29) is 12.1 Å². The Hall–Kier alpha value is -2.02. The minimum atomic E-state index is -0.484. The van der Waals surface area contributed by atoms with Crippen LogP contribution in [-0.4, -0.2) is 50.3 Å². The van der Waals surface area contributed by atoms with Gasteiger partial charge in [0.25, 0.3) is 0 Å². The van der Waals surface area contributed by atoms with Crippen LogP contribution in [0.2, 0.25) is 5.15 Å². The van der Waals surface area contributed by atoms with Crippen LogP contribution in [0.5, 0.6) is 0 Å². The summed E-state index contributed by atoms with van der Waals surface area (Å²) in [5.41, 5.74) is 0.212. The fourth-order valence-corrected chi connectivity index (χ4v) is 2.94. The van der Waals surface area contributed by atoms with E-state index in [2.05, 4.69) is 15.4 Å². The van der Waals surface area contributed by atoms with E-state index in [0.717, 1.165) is 19.4 Å². The molecular formula is C16H22ClN5O2. The van der Waals surface area contributed by atoms with Gasteiger partial charge in [-0.1, -0.05) is 11.6 Å². The molecule has 0 bridgehead atoms. The Morgan fingerprint density at radius 2 is 2.25 bits per heavy atom. The Bertz CT molecular complexity index is 740. The van der Waals surface area contributed by atoms with Gasteiger partial charge < -0.3 is 15.0 Å². The van der Waals surface area contributed by atoms with E-state index in [1.54, 1.807) is 15.6 Å². The highest BCUT2D eigenvalue weighted by Crippen LogP contribution is 2.21. The second-order valence-electron chi connectivity index (χ2n) is 6.92. The molecule has 0 aromatic carbocycles. The van der Waals surface area contributed by atoms with E-state index in [1.807, 2.05) is 32.9 Å². The molecule has 1 atom stereocenters. The number of nitrogens with one attached hydrogen (secondary N) is 1. The molecule has 1 aliphatic rings. The van der Waals surface area contributed by atoms with Gasteiger partial charge in [-0.2, -0.15) is 0 Å². The summed E-state index contributed by atoms with van der Waals surface area (Å²) in [5, 5.41) is 8.14. The normalized spacial score (nSPS) is 18.2. The highest BCUT2D eigenvalue weighted by atomic mass is 35.5. The maximum atomic E-state index is 12.3. The first-order valence-corrected chi connectivity index (χ1v) is 8.45. The summed E-state index contributed by atoms with van der Waals surface area (Å²) >= 11 is 6.04. The lowest BCUT2D eigenvalue weighted by atomic mass is 10.2. The van der Waals surface area contributed by atoms with Crippen molar-refractivity contribution in [2.45, 2.75) is 45.3 Å². The van der Waals surface area contributed by atoms with Gasteiger partial charge in [-0.05, 0) is 45.7 Å². The zero-order valence-electron chi connectivity index (χ0n) is 14.1. The SMILES string of the molecule is CC(C)(C)OC(=O)N1CCC[C@H]1CNc1ccc2ncc(Cl)n2n1. The van der Waals surface area contributed by atoms with E-state index < -0.39 is 5.60 Å². The van der Waals surface area contributed by atoms with Crippen molar-refractivity contribution in [3.05, 3.63) is 23.5 Å². The number of nitrogens with zero attached hydrogens (tertiary/aromatic N) is 4. The van der Waals surface area contributed by atoms with E-state index in [4.69, 9.17) is 16.3 Å². The van der Waals surface area contributed by atoms with Gasteiger partial charge in [0.15, 0.2) is 10.8 Å². The largest absolute Gasteiger partial charge is 0.444 e. The number of hydrogen-bond donors (Lipinski definition) is 1. The molecule has 1 N–H and O–H groups in total. The van der Waals surface area contributed by atoms with Crippen molar-refractivity contribution >= 4 is 29.2 Å². The van der Waals surface area contributed by atoms with E-state index in [1.165, 1.54) is 0 Å². The molecule has 2 aromatic heterocycles. The molecule has 0 unspecified atom stereocenters.